The molecule has 1 atom stereocenters. The molecule has 0 saturated carbocycles. The quantitative estimate of drug-likeness (QED) is 0.908. The van der Waals surface area contributed by atoms with Crippen LogP contribution in [0, 0.1) is 0 Å². The molecule has 0 bridgehead atoms. The summed E-state index contributed by atoms with van der Waals surface area (Å²) in [7, 11) is -3.06. The van der Waals surface area contributed by atoms with Crippen LogP contribution in [0.3, 0.4) is 0 Å². The van der Waals surface area contributed by atoms with Crippen molar-refractivity contribution in [3.8, 4) is 0 Å². The number of nitrogens with zero attached hydrogens (tertiary/aromatic N) is 1. The monoisotopic (exact) mass is 366 g/mol. The molecule has 1 fully saturated rings. The van der Waals surface area contributed by atoms with E-state index in [0.29, 0.717) is 19.5 Å². The average Bonchev–Trinajstić information content (AvgIpc) is 2.91. The van der Waals surface area contributed by atoms with Crippen molar-refractivity contribution in [1.29, 1.82) is 0 Å². The molecule has 0 aliphatic carbocycles. The Morgan fingerprint density at radius 1 is 1.33 bits per heavy atom. The van der Waals surface area contributed by atoms with Gasteiger partial charge in [-0.3, -0.25) is 0 Å². The van der Waals surface area contributed by atoms with Crippen molar-refractivity contribution in [1.82, 2.24) is 10.2 Å². The summed E-state index contributed by atoms with van der Waals surface area (Å²) in [4.78, 5) is 13.9. The van der Waals surface area contributed by atoms with E-state index in [1.54, 1.807) is 23.2 Å². The number of nitrogens with one attached hydrogen (secondary N) is 1. The Kier molecular flexibility index (Phi) is 5.10. The molecular weight excluding hydrogens is 344 g/mol. The summed E-state index contributed by atoms with van der Waals surface area (Å²) < 4.78 is 25.1. The van der Waals surface area contributed by atoms with Crippen LogP contribution in [0.25, 0.3) is 10.1 Å². The lowest BCUT2D eigenvalue weighted by molar-refractivity contribution is 0.201. The summed E-state index contributed by atoms with van der Waals surface area (Å²) in [6.45, 7) is 3.05. The van der Waals surface area contributed by atoms with Crippen LogP contribution in [-0.2, 0) is 16.3 Å². The van der Waals surface area contributed by atoms with Gasteiger partial charge >= 0.3 is 6.03 Å². The zero-order chi connectivity index (χ0) is 17.2. The van der Waals surface area contributed by atoms with Crippen molar-refractivity contribution in [3.05, 3.63) is 35.2 Å². The normalized spacial score (nSPS) is 20.7. The van der Waals surface area contributed by atoms with Crippen molar-refractivity contribution in [3.63, 3.8) is 0 Å². The molecule has 0 spiro atoms. The maximum absolute atomic E-state index is 12.3. The van der Waals surface area contributed by atoms with Crippen molar-refractivity contribution in [2.24, 2.45) is 0 Å². The summed E-state index contributed by atoms with van der Waals surface area (Å²) in [5, 5.41) is 5.93. The van der Waals surface area contributed by atoms with Crippen LogP contribution < -0.4 is 5.32 Å². The van der Waals surface area contributed by atoms with Gasteiger partial charge in [-0.05, 0) is 42.2 Å². The lowest BCUT2D eigenvalue weighted by Crippen LogP contribution is -2.42. The number of hydrogen-bond donors (Lipinski definition) is 1. The number of fused-ring (bicyclic) bond motifs is 1. The van der Waals surface area contributed by atoms with Crippen molar-refractivity contribution < 1.29 is 13.2 Å². The molecule has 7 heteroatoms. The van der Waals surface area contributed by atoms with Gasteiger partial charge < -0.3 is 10.2 Å². The molecule has 2 amide bonds. The first-order valence-electron chi connectivity index (χ1n) is 8.17. The van der Waals surface area contributed by atoms with Crippen molar-refractivity contribution in [2.75, 3.05) is 25.4 Å². The first-order valence-corrected chi connectivity index (χ1v) is 10.8. The lowest BCUT2D eigenvalue weighted by Gasteiger charge is -2.20. The Morgan fingerprint density at radius 2 is 2.12 bits per heavy atom. The van der Waals surface area contributed by atoms with E-state index in [1.807, 2.05) is 12.1 Å². The third-order valence-corrected chi connectivity index (χ3v) is 7.81. The van der Waals surface area contributed by atoms with E-state index >= 15 is 0 Å². The Bertz CT molecular complexity index is 829. The highest BCUT2D eigenvalue weighted by Gasteiger charge is 2.28. The number of sulfone groups is 1. The highest BCUT2D eigenvalue weighted by molar-refractivity contribution is 7.92. The molecule has 1 aromatic carbocycles. The summed E-state index contributed by atoms with van der Waals surface area (Å²) in [5.41, 5.74) is 1.24. The predicted molar refractivity (Wildman–Crippen MR) is 98.4 cm³/mol. The van der Waals surface area contributed by atoms with Crippen LogP contribution in [-0.4, -0.2) is 50.0 Å². The molecule has 2 aromatic rings. The van der Waals surface area contributed by atoms with Crippen LogP contribution in [0.2, 0.25) is 0 Å². The second kappa shape index (κ2) is 7.11. The molecular formula is C17H22N2O3S2. The molecule has 1 aromatic heterocycles. The Morgan fingerprint density at radius 3 is 2.96 bits per heavy atom. The topological polar surface area (TPSA) is 66.5 Å². The van der Waals surface area contributed by atoms with Crippen molar-refractivity contribution >= 4 is 37.3 Å². The highest BCUT2D eigenvalue weighted by atomic mass is 32.2. The Balaban J connectivity index is 1.54. The number of urea groups is 1. The molecule has 130 valence electrons. The van der Waals surface area contributed by atoms with E-state index in [4.69, 9.17) is 0 Å². The van der Waals surface area contributed by atoms with Crippen molar-refractivity contribution in [2.45, 2.75) is 25.0 Å². The van der Waals surface area contributed by atoms with Gasteiger partial charge in [0.25, 0.3) is 0 Å². The van der Waals surface area contributed by atoms with E-state index in [2.05, 4.69) is 22.8 Å². The zero-order valence-electron chi connectivity index (χ0n) is 13.7. The molecule has 1 N–H and O–H groups in total. The van der Waals surface area contributed by atoms with E-state index in [-0.39, 0.29) is 23.6 Å². The first-order chi connectivity index (χ1) is 11.5. The molecule has 1 aliphatic heterocycles. The maximum Gasteiger partial charge on any atom is 0.317 e. The molecule has 1 saturated heterocycles. The maximum atomic E-state index is 12.3. The van der Waals surface area contributed by atoms with Crippen LogP contribution in [0.15, 0.2) is 29.6 Å². The third kappa shape index (κ3) is 3.72. The molecule has 3 rings (SSSR count). The summed E-state index contributed by atoms with van der Waals surface area (Å²) in [6.07, 6.45) is 1.28. The molecule has 2 heterocycles. The number of thiophene rings is 1. The van der Waals surface area contributed by atoms with Crippen LogP contribution in [0.1, 0.15) is 18.9 Å². The number of benzene rings is 1. The summed E-state index contributed by atoms with van der Waals surface area (Å²) >= 11 is 1.71. The third-order valence-electron chi connectivity index (χ3n) is 4.58. The number of rotatable bonds is 3. The van der Waals surface area contributed by atoms with Crippen LogP contribution in [0.4, 0.5) is 4.79 Å². The minimum Gasteiger partial charge on any atom is -0.338 e. The molecule has 0 radical (unpaired) electrons. The SMILES string of the molecule is CC1CCN(C(=O)NCCc2csc3ccccc23)CCS1(=O)=O. The zero-order valence-corrected chi connectivity index (χ0v) is 15.3. The minimum absolute atomic E-state index is 0.0523. The second-order valence-electron chi connectivity index (χ2n) is 6.19. The predicted octanol–water partition coefficient (Wildman–Crippen LogP) is 2.66. The van der Waals surface area contributed by atoms with Gasteiger partial charge in [0, 0.05) is 24.3 Å². The number of carbonyl (C=O) groups is 1. The smallest absolute Gasteiger partial charge is 0.317 e. The second-order valence-corrected chi connectivity index (χ2v) is 9.64. The lowest BCUT2D eigenvalue weighted by atomic mass is 10.1. The van der Waals surface area contributed by atoms with Gasteiger partial charge in [0.15, 0.2) is 9.84 Å². The van der Waals surface area contributed by atoms with E-state index in [0.717, 1.165) is 6.42 Å². The highest BCUT2D eigenvalue weighted by Crippen LogP contribution is 2.25. The van der Waals surface area contributed by atoms with Gasteiger partial charge in [-0.2, -0.15) is 0 Å². The van der Waals surface area contributed by atoms with Gasteiger partial charge in [-0.15, -0.1) is 11.3 Å². The van der Waals surface area contributed by atoms with Gasteiger partial charge in [-0.1, -0.05) is 18.2 Å². The minimum atomic E-state index is -3.06. The fraction of sp³-hybridized carbons (Fsp3) is 0.471. The van der Waals surface area contributed by atoms with Gasteiger partial charge in [0.1, 0.15) is 0 Å². The molecule has 1 unspecified atom stereocenters. The largest absolute Gasteiger partial charge is 0.338 e. The molecule has 5 nitrogen and oxygen atoms in total. The number of carbonyl (C=O) groups excluding carboxylic acids is 1. The van der Waals surface area contributed by atoms with E-state index < -0.39 is 9.84 Å². The summed E-state index contributed by atoms with van der Waals surface area (Å²) in [6, 6.07) is 8.08. The Labute approximate surface area is 146 Å². The van der Waals surface area contributed by atoms with Gasteiger partial charge in [0.05, 0.1) is 11.0 Å². The molecule has 1 aliphatic rings. The van der Waals surface area contributed by atoms with Crippen LogP contribution >= 0.6 is 11.3 Å². The molecule has 24 heavy (non-hydrogen) atoms. The Hall–Kier alpha value is -1.60. The van der Waals surface area contributed by atoms with E-state index in [9.17, 15) is 13.2 Å². The van der Waals surface area contributed by atoms with Crippen LogP contribution in [0.5, 0.6) is 0 Å². The van der Waals surface area contributed by atoms with Gasteiger partial charge in [0.2, 0.25) is 0 Å². The summed E-state index contributed by atoms with van der Waals surface area (Å²) in [5.74, 6) is 0.0523. The number of hydrogen-bond acceptors (Lipinski definition) is 4. The number of amides is 2. The fourth-order valence-corrected chi connectivity index (χ4v) is 5.25. The average molecular weight is 367 g/mol. The fourth-order valence-electron chi connectivity index (χ4n) is 2.91. The van der Waals surface area contributed by atoms with Gasteiger partial charge in [-0.25, -0.2) is 13.2 Å². The van der Waals surface area contributed by atoms with E-state index in [1.165, 1.54) is 15.6 Å². The standard InChI is InChI=1S/C17H22N2O3S2/c1-13-7-9-19(10-11-24(13,21)22)17(20)18-8-6-14-12-23-16-5-3-2-4-15(14)16/h2-5,12-13H,6-11H2,1H3,(H,18,20). The first kappa shape index (κ1) is 17.2.